The van der Waals surface area contributed by atoms with Crippen molar-refractivity contribution in [2.75, 3.05) is 20.1 Å². The molecule has 1 aliphatic rings. The van der Waals surface area contributed by atoms with Gasteiger partial charge in [-0.1, -0.05) is 26.8 Å². The summed E-state index contributed by atoms with van der Waals surface area (Å²) in [4.78, 5) is 2.24. The summed E-state index contributed by atoms with van der Waals surface area (Å²) in [6.07, 6.45) is 1.19. The Morgan fingerprint density at radius 1 is 1.33 bits per heavy atom. The molecule has 0 aromatic heterocycles. The lowest BCUT2D eigenvalue weighted by Gasteiger charge is -2.24. The van der Waals surface area contributed by atoms with Crippen molar-refractivity contribution in [3.8, 4) is 5.75 Å². The van der Waals surface area contributed by atoms with Gasteiger partial charge in [-0.25, -0.2) is 4.39 Å². The molecule has 1 atom stereocenters. The summed E-state index contributed by atoms with van der Waals surface area (Å²) < 4.78 is 19.4. The summed E-state index contributed by atoms with van der Waals surface area (Å²) in [5.41, 5.74) is 1.03. The third kappa shape index (κ3) is 3.02. The second-order valence-corrected chi connectivity index (χ2v) is 6.18. The second kappa shape index (κ2) is 4.88. The Balaban J connectivity index is 2.23. The number of likely N-dealkylation sites (N-methyl/N-ethyl adjacent to an activating group) is 1. The topological polar surface area (TPSA) is 12.5 Å². The van der Waals surface area contributed by atoms with Gasteiger partial charge in [0.2, 0.25) is 0 Å². The fourth-order valence-electron chi connectivity index (χ4n) is 2.38. The molecule has 3 heteroatoms. The number of hydrogen-bond donors (Lipinski definition) is 0. The first kappa shape index (κ1) is 13.3. The lowest BCUT2D eigenvalue weighted by Crippen LogP contribution is -2.23. The van der Waals surface area contributed by atoms with Gasteiger partial charge in [-0.15, -0.1) is 0 Å². The SMILES string of the molecule is CN1CC[C@@H](Oc2cc(F)ccc2C(C)(C)C)C1. The predicted octanol–water partition coefficient (Wildman–Crippen LogP) is 3.21. The summed E-state index contributed by atoms with van der Waals surface area (Å²) >= 11 is 0. The molecule has 0 saturated carbocycles. The molecule has 0 N–H and O–H groups in total. The smallest absolute Gasteiger partial charge is 0.126 e. The Labute approximate surface area is 109 Å². The van der Waals surface area contributed by atoms with Crippen LogP contribution in [0.3, 0.4) is 0 Å². The molecule has 1 aliphatic heterocycles. The van der Waals surface area contributed by atoms with Gasteiger partial charge in [-0.05, 0) is 30.5 Å². The molecule has 1 aromatic rings. The number of ether oxygens (including phenoxy) is 1. The second-order valence-electron chi connectivity index (χ2n) is 6.18. The first-order chi connectivity index (χ1) is 8.36. The van der Waals surface area contributed by atoms with Crippen LogP contribution in [0.5, 0.6) is 5.75 Å². The molecule has 0 unspecified atom stereocenters. The van der Waals surface area contributed by atoms with Crippen LogP contribution in [0.1, 0.15) is 32.8 Å². The van der Waals surface area contributed by atoms with Crippen LogP contribution in [0.15, 0.2) is 18.2 Å². The average Bonchev–Trinajstić information content (AvgIpc) is 2.62. The van der Waals surface area contributed by atoms with Gasteiger partial charge in [-0.2, -0.15) is 0 Å². The highest BCUT2D eigenvalue weighted by Crippen LogP contribution is 2.33. The standard InChI is InChI=1S/C15H22FNO/c1-15(2,3)13-6-5-11(16)9-14(13)18-12-7-8-17(4)10-12/h5-6,9,12H,7-8,10H2,1-4H3/t12-/m1/s1. The molecule has 0 aliphatic carbocycles. The molecule has 1 heterocycles. The zero-order chi connectivity index (χ0) is 13.3. The first-order valence-corrected chi connectivity index (χ1v) is 6.51. The zero-order valence-corrected chi connectivity index (χ0v) is 11.7. The van der Waals surface area contributed by atoms with Gasteiger partial charge in [0.25, 0.3) is 0 Å². The van der Waals surface area contributed by atoms with E-state index in [0.29, 0.717) is 5.75 Å². The maximum absolute atomic E-state index is 13.4. The van der Waals surface area contributed by atoms with Crippen molar-refractivity contribution in [1.82, 2.24) is 4.90 Å². The van der Waals surface area contributed by atoms with E-state index in [-0.39, 0.29) is 17.3 Å². The van der Waals surface area contributed by atoms with Crippen molar-refractivity contribution in [2.45, 2.75) is 38.7 Å². The molecule has 1 aromatic carbocycles. The number of likely N-dealkylation sites (tertiary alicyclic amines) is 1. The van der Waals surface area contributed by atoms with E-state index in [2.05, 4.69) is 32.7 Å². The van der Waals surface area contributed by atoms with Crippen LogP contribution >= 0.6 is 0 Å². The molecule has 1 fully saturated rings. The molecule has 1 saturated heterocycles. The van der Waals surface area contributed by atoms with Gasteiger partial charge in [-0.3, -0.25) is 0 Å². The molecule has 18 heavy (non-hydrogen) atoms. The maximum atomic E-state index is 13.4. The molecule has 0 spiro atoms. The van der Waals surface area contributed by atoms with Crippen LogP contribution in [0, 0.1) is 5.82 Å². The fourth-order valence-corrected chi connectivity index (χ4v) is 2.38. The molecule has 0 amide bonds. The molecular weight excluding hydrogens is 229 g/mol. The Bertz CT molecular complexity index is 425. The van der Waals surface area contributed by atoms with Gasteiger partial charge in [0, 0.05) is 19.2 Å². The first-order valence-electron chi connectivity index (χ1n) is 6.51. The van der Waals surface area contributed by atoms with Crippen LogP contribution < -0.4 is 4.74 Å². The molecule has 2 rings (SSSR count). The highest BCUT2D eigenvalue weighted by molar-refractivity contribution is 5.39. The summed E-state index contributed by atoms with van der Waals surface area (Å²) in [5.74, 6) is 0.465. The van der Waals surface area contributed by atoms with Crippen molar-refractivity contribution in [3.63, 3.8) is 0 Å². The molecule has 0 radical (unpaired) electrons. The Hall–Kier alpha value is -1.09. The van der Waals surface area contributed by atoms with Gasteiger partial charge in [0.1, 0.15) is 17.7 Å². The van der Waals surface area contributed by atoms with Crippen LogP contribution in [0.25, 0.3) is 0 Å². The van der Waals surface area contributed by atoms with Gasteiger partial charge in [0.15, 0.2) is 0 Å². The van der Waals surface area contributed by atoms with Crippen LogP contribution in [0.2, 0.25) is 0 Å². The van der Waals surface area contributed by atoms with E-state index in [1.165, 1.54) is 12.1 Å². The van der Waals surface area contributed by atoms with Crippen molar-refractivity contribution >= 4 is 0 Å². The van der Waals surface area contributed by atoms with Crippen molar-refractivity contribution in [1.29, 1.82) is 0 Å². The predicted molar refractivity (Wildman–Crippen MR) is 71.6 cm³/mol. The molecule has 2 nitrogen and oxygen atoms in total. The third-order valence-electron chi connectivity index (χ3n) is 3.39. The lowest BCUT2D eigenvalue weighted by atomic mass is 9.86. The van der Waals surface area contributed by atoms with Crippen molar-refractivity contribution in [3.05, 3.63) is 29.6 Å². The summed E-state index contributed by atoms with van der Waals surface area (Å²) in [6, 6.07) is 4.86. The Kier molecular flexibility index (Phi) is 3.62. The van der Waals surface area contributed by atoms with E-state index in [9.17, 15) is 4.39 Å². The maximum Gasteiger partial charge on any atom is 0.126 e. The largest absolute Gasteiger partial charge is 0.489 e. The Morgan fingerprint density at radius 2 is 2.06 bits per heavy atom. The van der Waals surface area contributed by atoms with E-state index >= 15 is 0 Å². The zero-order valence-electron chi connectivity index (χ0n) is 11.7. The van der Waals surface area contributed by atoms with Crippen LogP contribution in [-0.2, 0) is 5.41 Å². The van der Waals surface area contributed by atoms with Gasteiger partial charge in [0.05, 0.1) is 0 Å². The Morgan fingerprint density at radius 3 is 2.61 bits per heavy atom. The fraction of sp³-hybridized carbons (Fsp3) is 0.600. The minimum atomic E-state index is -0.232. The monoisotopic (exact) mass is 251 g/mol. The highest BCUT2D eigenvalue weighted by Gasteiger charge is 2.25. The highest BCUT2D eigenvalue weighted by atomic mass is 19.1. The molecular formula is C15H22FNO. The summed E-state index contributed by atoms with van der Waals surface area (Å²) in [7, 11) is 2.08. The van der Waals surface area contributed by atoms with Crippen molar-refractivity contribution in [2.24, 2.45) is 0 Å². The van der Waals surface area contributed by atoms with E-state index in [0.717, 1.165) is 25.1 Å². The normalized spacial score (nSPS) is 21.3. The third-order valence-corrected chi connectivity index (χ3v) is 3.39. The number of hydrogen-bond acceptors (Lipinski definition) is 2. The van der Waals surface area contributed by atoms with Crippen LogP contribution in [0.4, 0.5) is 4.39 Å². The number of rotatable bonds is 2. The van der Waals surface area contributed by atoms with E-state index in [4.69, 9.17) is 4.74 Å². The van der Waals surface area contributed by atoms with Gasteiger partial charge < -0.3 is 9.64 Å². The van der Waals surface area contributed by atoms with E-state index < -0.39 is 0 Å². The summed E-state index contributed by atoms with van der Waals surface area (Å²) in [6.45, 7) is 8.32. The van der Waals surface area contributed by atoms with Gasteiger partial charge >= 0.3 is 0 Å². The lowest BCUT2D eigenvalue weighted by molar-refractivity contribution is 0.203. The average molecular weight is 251 g/mol. The minimum Gasteiger partial charge on any atom is -0.489 e. The molecule has 100 valence electrons. The van der Waals surface area contributed by atoms with Crippen molar-refractivity contribution < 1.29 is 9.13 Å². The van der Waals surface area contributed by atoms with E-state index in [1.807, 2.05) is 6.07 Å². The summed E-state index contributed by atoms with van der Waals surface area (Å²) in [5, 5.41) is 0. The number of nitrogens with zero attached hydrogens (tertiary/aromatic N) is 1. The van der Waals surface area contributed by atoms with Crippen LogP contribution in [-0.4, -0.2) is 31.1 Å². The van der Waals surface area contributed by atoms with E-state index in [1.54, 1.807) is 0 Å². The minimum absolute atomic E-state index is 0.0342. The molecule has 0 bridgehead atoms. The number of benzene rings is 1. The number of halogens is 1. The quantitative estimate of drug-likeness (QED) is 0.800.